The van der Waals surface area contributed by atoms with Gasteiger partial charge < -0.3 is 5.32 Å². The van der Waals surface area contributed by atoms with Crippen molar-refractivity contribution in [2.75, 3.05) is 7.05 Å². The Labute approximate surface area is 82.1 Å². The molecule has 1 aromatic rings. The predicted molar refractivity (Wildman–Crippen MR) is 52.0 cm³/mol. The second-order valence-electron chi connectivity index (χ2n) is 3.39. The summed E-state index contributed by atoms with van der Waals surface area (Å²) in [6.07, 6.45) is 0.536. The Morgan fingerprint density at radius 2 is 2.14 bits per heavy atom. The molecule has 14 heavy (non-hydrogen) atoms. The summed E-state index contributed by atoms with van der Waals surface area (Å²) in [7, 11) is 1.55. The molecule has 1 atom stereocenters. The van der Waals surface area contributed by atoms with E-state index >= 15 is 0 Å². The summed E-state index contributed by atoms with van der Waals surface area (Å²) in [5, 5.41) is 2.51. The summed E-state index contributed by atoms with van der Waals surface area (Å²) in [6.45, 7) is 0. The van der Waals surface area contributed by atoms with Crippen LogP contribution in [0.2, 0.25) is 0 Å². The van der Waals surface area contributed by atoms with Crippen molar-refractivity contribution in [2.45, 2.75) is 6.42 Å². The fourth-order valence-corrected chi connectivity index (χ4v) is 1.82. The molecule has 1 N–H and O–H groups in total. The summed E-state index contributed by atoms with van der Waals surface area (Å²) < 4.78 is 0. The molecule has 0 saturated carbocycles. The molecule has 0 saturated heterocycles. The zero-order valence-electron chi connectivity index (χ0n) is 7.91. The number of carbonyl (C=O) groups is 2. The van der Waals surface area contributed by atoms with Crippen LogP contribution in [0.1, 0.15) is 15.9 Å². The monoisotopic (exact) mass is 189 g/mol. The molecule has 72 valence electrons. The van der Waals surface area contributed by atoms with Crippen LogP contribution in [0.4, 0.5) is 0 Å². The summed E-state index contributed by atoms with van der Waals surface area (Å²) in [5.41, 5.74) is 1.67. The summed E-state index contributed by atoms with van der Waals surface area (Å²) in [6, 6.07) is 7.39. The molecule has 0 fully saturated rings. The van der Waals surface area contributed by atoms with Crippen molar-refractivity contribution >= 4 is 11.7 Å². The zero-order chi connectivity index (χ0) is 10.1. The van der Waals surface area contributed by atoms with Crippen LogP contribution in [0.3, 0.4) is 0 Å². The van der Waals surface area contributed by atoms with E-state index in [0.29, 0.717) is 12.0 Å². The molecule has 2 rings (SSSR count). The van der Waals surface area contributed by atoms with Gasteiger partial charge in [0.25, 0.3) is 0 Å². The topological polar surface area (TPSA) is 46.2 Å². The highest BCUT2D eigenvalue weighted by molar-refractivity contribution is 6.13. The SMILES string of the molecule is CNC(=O)C1Cc2ccccc2C1=O. The van der Waals surface area contributed by atoms with Crippen molar-refractivity contribution in [1.82, 2.24) is 5.32 Å². The lowest BCUT2D eigenvalue weighted by Crippen LogP contribution is -2.31. The second kappa shape index (κ2) is 3.25. The molecule has 3 nitrogen and oxygen atoms in total. The first-order valence-electron chi connectivity index (χ1n) is 4.57. The van der Waals surface area contributed by atoms with Crippen LogP contribution in [-0.4, -0.2) is 18.7 Å². The molecular weight excluding hydrogens is 178 g/mol. The van der Waals surface area contributed by atoms with Gasteiger partial charge >= 0.3 is 0 Å². The number of hydrogen-bond acceptors (Lipinski definition) is 2. The lowest BCUT2D eigenvalue weighted by Gasteiger charge is -2.04. The van der Waals surface area contributed by atoms with E-state index in [2.05, 4.69) is 5.32 Å². The molecule has 1 aliphatic carbocycles. The molecule has 0 radical (unpaired) electrons. The van der Waals surface area contributed by atoms with E-state index in [0.717, 1.165) is 5.56 Å². The largest absolute Gasteiger partial charge is 0.359 e. The maximum absolute atomic E-state index is 11.7. The number of rotatable bonds is 1. The number of Topliss-reactive ketones (excluding diaryl/α,β-unsaturated/α-hetero) is 1. The number of carbonyl (C=O) groups excluding carboxylic acids is 2. The summed E-state index contributed by atoms with van der Waals surface area (Å²) >= 11 is 0. The molecule has 0 bridgehead atoms. The molecule has 0 aromatic heterocycles. The molecule has 1 aliphatic rings. The quantitative estimate of drug-likeness (QED) is 0.664. The zero-order valence-corrected chi connectivity index (χ0v) is 7.91. The van der Waals surface area contributed by atoms with Gasteiger partial charge in [-0.2, -0.15) is 0 Å². The van der Waals surface area contributed by atoms with Crippen molar-refractivity contribution in [1.29, 1.82) is 0 Å². The van der Waals surface area contributed by atoms with Crippen molar-refractivity contribution in [2.24, 2.45) is 5.92 Å². The number of fused-ring (bicyclic) bond motifs is 1. The first-order chi connectivity index (χ1) is 6.74. The van der Waals surface area contributed by atoms with Crippen molar-refractivity contribution in [3.63, 3.8) is 0 Å². The Morgan fingerprint density at radius 1 is 1.43 bits per heavy atom. The summed E-state index contributed by atoms with van der Waals surface area (Å²) in [4.78, 5) is 23.1. The first-order valence-corrected chi connectivity index (χ1v) is 4.57. The second-order valence-corrected chi connectivity index (χ2v) is 3.39. The Morgan fingerprint density at radius 3 is 2.79 bits per heavy atom. The highest BCUT2D eigenvalue weighted by atomic mass is 16.2. The summed E-state index contributed by atoms with van der Waals surface area (Å²) in [5.74, 6) is -0.761. The Hall–Kier alpha value is -1.64. The molecule has 0 heterocycles. The average molecular weight is 189 g/mol. The third-order valence-corrected chi connectivity index (χ3v) is 2.59. The van der Waals surface area contributed by atoms with Gasteiger partial charge in [0.2, 0.25) is 5.91 Å². The van der Waals surface area contributed by atoms with E-state index in [-0.39, 0.29) is 11.7 Å². The lowest BCUT2D eigenvalue weighted by molar-refractivity contribution is -0.122. The van der Waals surface area contributed by atoms with Gasteiger partial charge in [0.15, 0.2) is 5.78 Å². The van der Waals surface area contributed by atoms with E-state index in [1.165, 1.54) is 0 Å². The third-order valence-electron chi connectivity index (χ3n) is 2.59. The van der Waals surface area contributed by atoms with Gasteiger partial charge in [-0.25, -0.2) is 0 Å². The fraction of sp³-hybridized carbons (Fsp3) is 0.273. The Kier molecular flexibility index (Phi) is 2.08. The van der Waals surface area contributed by atoms with Crippen molar-refractivity contribution in [3.8, 4) is 0 Å². The average Bonchev–Trinajstić information content (AvgIpc) is 2.56. The normalized spacial score (nSPS) is 19.2. The van der Waals surface area contributed by atoms with Crippen LogP contribution in [0.15, 0.2) is 24.3 Å². The molecule has 1 unspecified atom stereocenters. The van der Waals surface area contributed by atoms with Crippen LogP contribution in [0, 0.1) is 5.92 Å². The number of ketones is 1. The molecule has 3 heteroatoms. The smallest absolute Gasteiger partial charge is 0.231 e. The standard InChI is InChI=1S/C11H11NO2/c1-12-11(14)9-6-7-4-2-3-5-8(7)10(9)13/h2-5,9H,6H2,1H3,(H,12,14). The lowest BCUT2D eigenvalue weighted by atomic mass is 10.0. The van der Waals surface area contributed by atoms with Gasteiger partial charge in [0.1, 0.15) is 5.92 Å². The van der Waals surface area contributed by atoms with Crippen LogP contribution in [0.25, 0.3) is 0 Å². The van der Waals surface area contributed by atoms with Gasteiger partial charge in [-0.3, -0.25) is 9.59 Å². The minimum absolute atomic E-state index is 0.0556. The number of amides is 1. The third kappa shape index (κ3) is 1.21. The fourth-order valence-electron chi connectivity index (χ4n) is 1.82. The van der Waals surface area contributed by atoms with Crippen molar-refractivity contribution in [3.05, 3.63) is 35.4 Å². The van der Waals surface area contributed by atoms with E-state index in [1.54, 1.807) is 13.1 Å². The Bertz CT molecular complexity index is 398. The molecule has 1 aromatic carbocycles. The Balaban J connectivity index is 2.35. The number of nitrogens with one attached hydrogen (secondary N) is 1. The molecular formula is C11H11NO2. The predicted octanol–water partition coefficient (Wildman–Crippen LogP) is 0.788. The van der Waals surface area contributed by atoms with E-state index in [4.69, 9.17) is 0 Å². The van der Waals surface area contributed by atoms with E-state index in [1.807, 2.05) is 18.2 Å². The first kappa shape index (κ1) is 8.94. The van der Waals surface area contributed by atoms with Crippen molar-refractivity contribution < 1.29 is 9.59 Å². The minimum Gasteiger partial charge on any atom is -0.359 e. The highest BCUT2D eigenvalue weighted by Gasteiger charge is 2.34. The van der Waals surface area contributed by atoms with Crippen LogP contribution < -0.4 is 5.32 Å². The minimum atomic E-state index is -0.516. The van der Waals surface area contributed by atoms with Gasteiger partial charge in [-0.05, 0) is 12.0 Å². The van der Waals surface area contributed by atoms with Gasteiger partial charge in [0, 0.05) is 12.6 Å². The van der Waals surface area contributed by atoms with Crippen LogP contribution in [-0.2, 0) is 11.2 Å². The van der Waals surface area contributed by atoms with E-state index in [9.17, 15) is 9.59 Å². The van der Waals surface area contributed by atoms with Gasteiger partial charge in [0.05, 0.1) is 0 Å². The van der Waals surface area contributed by atoms with E-state index < -0.39 is 5.92 Å². The molecule has 0 spiro atoms. The van der Waals surface area contributed by atoms with Gasteiger partial charge in [-0.15, -0.1) is 0 Å². The highest BCUT2D eigenvalue weighted by Crippen LogP contribution is 2.26. The van der Waals surface area contributed by atoms with Gasteiger partial charge in [-0.1, -0.05) is 24.3 Å². The maximum Gasteiger partial charge on any atom is 0.231 e. The maximum atomic E-state index is 11.7. The number of benzene rings is 1. The molecule has 0 aliphatic heterocycles. The van der Waals surface area contributed by atoms with Crippen LogP contribution in [0.5, 0.6) is 0 Å². The molecule has 1 amide bonds. The number of hydrogen-bond donors (Lipinski definition) is 1. The van der Waals surface area contributed by atoms with Crippen LogP contribution >= 0.6 is 0 Å².